The summed E-state index contributed by atoms with van der Waals surface area (Å²) >= 11 is 5.81. The predicted octanol–water partition coefficient (Wildman–Crippen LogP) is 2.49. The molecule has 0 radical (unpaired) electrons. The van der Waals surface area contributed by atoms with Gasteiger partial charge in [0.05, 0.1) is 18.0 Å². The molecule has 1 N–H and O–H groups in total. The third kappa shape index (κ3) is 4.00. The van der Waals surface area contributed by atoms with Crippen LogP contribution >= 0.6 is 11.6 Å². The van der Waals surface area contributed by atoms with E-state index in [-0.39, 0.29) is 17.1 Å². The average molecular weight is 315 g/mol. The summed E-state index contributed by atoms with van der Waals surface area (Å²) in [6, 6.07) is 9.24. The third-order valence-electron chi connectivity index (χ3n) is 2.60. The Balaban J connectivity index is 2.08. The number of hydrogen-bond acceptors (Lipinski definition) is 3. The third-order valence-corrected chi connectivity index (χ3v) is 4.20. The number of nitrogens with zero attached hydrogens (tertiary/aromatic N) is 1. The van der Waals surface area contributed by atoms with Crippen LogP contribution in [0.4, 0.5) is 4.39 Å². The van der Waals surface area contributed by atoms with Gasteiger partial charge in [-0.15, -0.1) is 0 Å². The highest BCUT2D eigenvalue weighted by Gasteiger charge is 2.17. The van der Waals surface area contributed by atoms with Crippen LogP contribution in [0.2, 0.25) is 5.02 Å². The molecule has 0 bridgehead atoms. The van der Waals surface area contributed by atoms with E-state index < -0.39 is 21.6 Å². The minimum atomic E-state index is -3.69. The zero-order chi connectivity index (χ0) is 14.6. The predicted molar refractivity (Wildman–Crippen MR) is 75.1 cm³/mol. The van der Waals surface area contributed by atoms with Crippen LogP contribution in [-0.2, 0) is 22.3 Å². The molecular formula is C13H12ClFN2O2S. The summed E-state index contributed by atoms with van der Waals surface area (Å²) in [4.78, 5) is 4.00. The molecule has 0 saturated heterocycles. The van der Waals surface area contributed by atoms with E-state index in [4.69, 9.17) is 11.6 Å². The van der Waals surface area contributed by atoms with Crippen molar-refractivity contribution >= 4 is 21.6 Å². The van der Waals surface area contributed by atoms with Crippen LogP contribution in [0.3, 0.4) is 0 Å². The summed E-state index contributed by atoms with van der Waals surface area (Å²) in [6.07, 6.45) is 1.57. The van der Waals surface area contributed by atoms with Gasteiger partial charge in [0, 0.05) is 16.8 Å². The lowest BCUT2D eigenvalue weighted by Gasteiger charge is -2.08. The minimum Gasteiger partial charge on any atom is -0.260 e. The Bertz CT molecular complexity index is 673. The summed E-state index contributed by atoms with van der Waals surface area (Å²) in [5.74, 6) is -1.15. The number of halogens is 2. The van der Waals surface area contributed by atoms with Gasteiger partial charge in [0.15, 0.2) is 0 Å². The number of nitrogens with one attached hydrogen (secondary N) is 1. The van der Waals surface area contributed by atoms with Crippen LogP contribution in [-0.4, -0.2) is 13.4 Å². The van der Waals surface area contributed by atoms with Gasteiger partial charge in [0.2, 0.25) is 10.0 Å². The Morgan fingerprint density at radius 2 is 2.00 bits per heavy atom. The molecule has 0 fully saturated rings. The summed E-state index contributed by atoms with van der Waals surface area (Å²) in [5.41, 5.74) is 0.540. The van der Waals surface area contributed by atoms with Crippen molar-refractivity contribution in [3.8, 4) is 0 Å². The topological polar surface area (TPSA) is 59.1 Å². The highest BCUT2D eigenvalue weighted by atomic mass is 35.5. The maximum atomic E-state index is 13.6. The minimum absolute atomic E-state index is 0.0392. The van der Waals surface area contributed by atoms with E-state index >= 15 is 0 Å². The van der Waals surface area contributed by atoms with E-state index in [0.29, 0.717) is 5.69 Å². The quantitative estimate of drug-likeness (QED) is 0.922. The number of rotatable bonds is 5. The van der Waals surface area contributed by atoms with Crippen molar-refractivity contribution in [2.75, 3.05) is 0 Å². The van der Waals surface area contributed by atoms with Crippen LogP contribution < -0.4 is 4.72 Å². The van der Waals surface area contributed by atoms with Crippen molar-refractivity contribution in [3.05, 3.63) is 64.7 Å². The van der Waals surface area contributed by atoms with Gasteiger partial charge in [-0.05, 0) is 24.3 Å². The van der Waals surface area contributed by atoms with Gasteiger partial charge in [-0.1, -0.05) is 23.7 Å². The number of pyridine rings is 1. The highest BCUT2D eigenvalue weighted by Crippen LogP contribution is 2.21. The monoisotopic (exact) mass is 314 g/mol. The van der Waals surface area contributed by atoms with Gasteiger partial charge in [0.1, 0.15) is 5.82 Å². The average Bonchev–Trinajstić information content (AvgIpc) is 2.42. The molecule has 0 amide bonds. The molecule has 7 heteroatoms. The molecule has 0 spiro atoms. The molecule has 0 aliphatic carbocycles. The molecular weight excluding hydrogens is 303 g/mol. The fourth-order valence-electron chi connectivity index (χ4n) is 1.60. The largest absolute Gasteiger partial charge is 0.260 e. The lowest BCUT2D eigenvalue weighted by atomic mass is 10.2. The standard InChI is InChI=1S/C13H12ClFN2O2S/c14-12-5-3-6-13(15)11(12)9-20(18,19)17-8-10-4-1-2-7-16-10/h1-7,17H,8-9H2. The van der Waals surface area contributed by atoms with Gasteiger partial charge in [-0.25, -0.2) is 17.5 Å². The van der Waals surface area contributed by atoms with E-state index in [1.54, 1.807) is 24.4 Å². The fraction of sp³-hybridized carbons (Fsp3) is 0.154. The SMILES string of the molecule is O=S(=O)(Cc1c(F)cccc1Cl)NCc1ccccn1. The first kappa shape index (κ1) is 14.9. The van der Waals surface area contributed by atoms with Crippen LogP contribution in [0.1, 0.15) is 11.3 Å². The molecule has 0 aliphatic heterocycles. The smallest absolute Gasteiger partial charge is 0.216 e. The lowest BCUT2D eigenvalue weighted by Crippen LogP contribution is -2.25. The first-order valence-electron chi connectivity index (χ1n) is 5.78. The molecule has 0 aliphatic rings. The second-order valence-corrected chi connectivity index (χ2v) is 6.32. The zero-order valence-electron chi connectivity index (χ0n) is 10.4. The van der Waals surface area contributed by atoms with Crippen molar-refractivity contribution in [2.45, 2.75) is 12.3 Å². The Kier molecular flexibility index (Phi) is 4.69. The molecule has 1 heterocycles. The van der Waals surface area contributed by atoms with Gasteiger partial charge in [-0.3, -0.25) is 4.98 Å². The molecule has 0 unspecified atom stereocenters. The maximum Gasteiger partial charge on any atom is 0.216 e. The van der Waals surface area contributed by atoms with E-state index in [2.05, 4.69) is 9.71 Å². The fourth-order valence-corrected chi connectivity index (χ4v) is 3.05. The molecule has 2 aromatic rings. The summed E-state index contributed by atoms with van der Waals surface area (Å²) in [5, 5.41) is 0.0909. The van der Waals surface area contributed by atoms with Crippen molar-refractivity contribution in [1.82, 2.24) is 9.71 Å². The summed E-state index contributed by atoms with van der Waals surface area (Å²) < 4.78 is 39.7. The lowest BCUT2D eigenvalue weighted by molar-refractivity contribution is 0.573. The second-order valence-electron chi connectivity index (χ2n) is 4.10. The van der Waals surface area contributed by atoms with Crippen molar-refractivity contribution < 1.29 is 12.8 Å². The van der Waals surface area contributed by atoms with Gasteiger partial charge < -0.3 is 0 Å². The van der Waals surface area contributed by atoms with Crippen LogP contribution in [0.15, 0.2) is 42.6 Å². The van der Waals surface area contributed by atoms with E-state index in [9.17, 15) is 12.8 Å². The number of benzene rings is 1. The van der Waals surface area contributed by atoms with Crippen LogP contribution in [0.5, 0.6) is 0 Å². The number of sulfonamides is 1. The van der Waals surface area contributed by atoms with E-state index in [1.165, 1.54) is 18.2 Å². The Morgan fingerprint density at radius 3 is 2.65 bits per heavy atom. The molecule has 106 valence electrons. The molecule has 2 rings (SSSR count). The molecule has 0 atom stereocenters. The Morgan fingerprint density at radius 1 is 1.20 bits per heavy atom. The van der Waals surface area contributed by atoms with Crippen LogP contribution in [0, 0.1) is 5.82 Å². The summed E-state index contributed by atoms with van der Waals surface area (Å²) in [7, 11) is -3.69. The van der Waals surface area contributed by atoms with Crippen molar-refractivity contribution in [1.29, 1.82) is 0 Å². The Hall–Kier alpha value is -1.50. The summed E-state index contributed by atoms with van der Waals surface area (Å²) in [6.45, 7) is 0.0508. The first-order chi connectivity index (χ1) is 9.48. The molecule has 20 heavy (non-hydrogen) atoms. The second kappa shape index (κ2) is 6.30. The number of aromatic nitrogens is 1. The molecule has 0 saturated carbocycles. The van der Waals surface area contributed by atoms with Gasteiger partial charge >= 0.3 is 0 Å². The highest BCUT2D eigenvalue weighted by molar-refractivity contribution is 7.88. The van der Waals surface area contributed by atoms with Crippen LogP contribution in [0.25, 0.3) is 0 Å². The first-order valence-corrected chi connectivity index (χ1v) is 7.81. The zero-order valence-corrected chi connectivity index (χ0v) is 12.0. The van der Waals surface area contributed by atoms with Crippen molar-refractivity contribution in [3.63, 3.8) is 0 Å². The van der Waals surface area contributed by atoms with Gasteiger partial charge in [0.25, 0.3) is 0 Å². The van der Waals surface area contributed by atoms with Gasteiger partial charge in [-0.2, -0.15) is 0 Å². The Labute approximate surface area is 121 Å². The van der Waals surface area contributed by atoms with Crippen molar-refractivity contribution in [2.24, 2.45) is 0 Å². The molecule has 4 nitrogen and oxygen atoms in total. The van der Waals surface area contributed by atoms with E-state index in [0.717, 1.165) is 0 Å². The normalized spacial score (nSPS) is 11.5. The van der Waals surface area contributed by atoms with E-state index in [1.807, 2.05) is 0 Å². The number of hydrogen-bond donors (Lipinski definition) is 1. The maximum absolute atomic E-state index is 13.6. The molecule has 1 aromatic carbocycles. The molecule has 1 aromatic heterocycles.